The predicted molar refractivity (Wildman–Crippen MR) is 283 cm³/mol. The lowest BCUT2D eigenvalue weighted by Gasteiger charge is -2.23. The molecule has 0 saturated heterocycles. The van der Waals surface area contributed by atoms with Gasteiger partial charge in [-0.05, 0) is 93.5 Å². The molecule has 0 bridgehead atoms. The van der Waals surface area contributed by atoms with Gasteiger partial charge in [-0.15, -0.1) is 0 Å². The quantitative estimate of drug-likeness (QED) is 0.0154. The summed E-state index contributed by atoms with van der Waals surface area (Å²) in [4.78, 5) is 98.9. The maximum absolute atomic E-state index is 13.7. The number of aromatic nitrogens is 2. The van der Waals surface area contributed by atoms with Crippen LogP contribution < -0.4 is 21.7 Å². The van der Waals surface area contributed by atoms with Gasteiger partial charge in [0.25, 0.3) is 0 Å². The van der Waals surface area contributed by atoms with E-state index in [9.17, 15) is 33.6 Å². The predicted octanol–water partition coefficient (Wildman–Crippen LogP) is 7.96. The maximum Gasteiger partial charge on any atom is 0.408 e. The molecule has 0 saturated carbocycles. The number of fused-ring (bicyclic) bond motifs is 2. The number of para-hydroxylation sites is 1. The topological polar surface area (TPSA) is 259 Å². The highest BCUT2D eigenvalue weighted by Crippen LogP contribution is 2.23. The third-order valence-electron chi connectivity index (χ3n) is 12.2. The van der Waals surface area contributed by atoms with Crippen molar-refractivity contribution in [1.82, 2.24) is 25.9 Å². The number of hydrogen-bond donors (Lipinski definition) is 6. The Morgan fingerprint density at radius 1 is 0.581 bits per heavy atom. The van der Waals surface area contributed by atoms with E-state index in [1.165, 1.54) is 0 Å². The number of H-pyrrole nitrogens is 2. The first-order valence-electron chi connectivity index (χ1n) is 26.4. The molecule has 0 fully saturated rings. The van der Waals surface area contributed by atoms with Crippen molar-refractivity contribution in [3.63, 3.8) is 0 Å². The monoisotopic (exact) mass is 1030 g/mol. The number of ether oxygens (including phenoxy) is 5. The molecule has 408 valence electrons. The molecule has 18 heteroatoms. The van der Waals surface area contributed by atoms with Gasteiger partial charge in [0.2, 0.25) is 11.8 Å². The van der Waals surface area contributed by atoms with E-state index < -0.39 is 71.6 Å². The van der Waals surface area contributed by atoms with E-state index in [1.54, 1.807) is 33.2 Å². The third-order valence-corrected chi connectivity index (χ3v) is 12.2. The normalized spacial score (nSPS) is 13.2. The van der Waals surface area contributed by atoms with Crippen molar-refractivity contribution in [2.24, 2.45) is 17.6 Å². The molecule has 0 spiro atoms. The molecule has 18 nitrogen and oxygen atoms in total. The van der Waals surface area contributed by atoms with E-state index in [0.29, 0.717) is 31.6 Å². The van der Waals surface area contributed by atoms with Crippen molar-refractivity contribution < 1.29 is 57.2 Å². The first kappa shape index (κ1) is 60.1. The zero-order valence-corrected chi connectivity index (χ0v) is 44.9. The van der Waals surface area contributed by atoms with E-state index >= 15 is 0 Å². The Balaban J connectivity index is 1.42. The molecule has 4 rings (SSSR count). The Morgan fingerprint density at radius 2 is 1.11 bits per heavy atom. The average molecular weight is 1030 g/mol. The van der Waals surface area contributed by atoms with Gasteiger partial charge in [-0.25, -0.2) is 19.2 Å². The number of hydrogen-bond acceptors (Lipinski definition) is 13. The van der Waals surface area contributed by atoms with Crippen LogP contribution in [0.15, 0.2) is 54.9 Å². The van der Waals surface area contributed by atoms with Crippen LogP contribution in [-0.2, 0) is 71.7 Å². The smallest absolute Gasteiger partial charge is 0.408 e. The van der Waals surface area contributed by atoms with Crippen LogP contribution in [0.25, 0.3) is 21.8 Å². The van der Waals surface area contributed by atoms with Crippen LogP contribution in [0.3, 0.4) is 0 Å². The highest BCUT2D eigenvalue weighted by Gasteiger charge is 2.30. The number of aromatic amines is 2. The number of alkyl carbamates (subject to hydrolysis) is 1. The molecular formula is C56H82N6O12. The lowest BCUT2D eigenvalue weighted by molar-refractivity contribution is -0.149. The molecule has 0 aliphatic heterocycles. The minimum atomic E-state index is -1.17. The van der Waals surface area contributed by atoms with E-state index in [1.807, 2.05) is 70.2 Å². The molecule has 3 amide bonds. The average Bonchev–Trinajstić information content (AvgIpc) is 3.94. The van der Waals surface area contributed by atoms with Crippen LogP contribution in [0.5, 0.6) is 0 Å². The number of carbonyl (C=O) groups excluding carboxylic acids is 7. The highest BCUT2D eigenvalue weighted by atomic mass is 16.6. The van der Waals surface area contributed by atoms with Gasteiger partial charge in [-0.2, -0.15) is 0 Å². The Morgan fingerprint density at radius 3 is 1.72 bits per heavy atom. The molecule has 2 heterocycles. The molecule has 4 atom stereocenters. The molecule has 0 unspecified atom stereocenters. The van der Waals surface area contributed by atoms with Crippen molar-refractivity contribution in [3.8, 4) is 0 Å². The standard InChI is InChI=1S/C56H82N6O12/c1-9-10-11-12-15-27-70-53(67)47(61-50(64)23-21-45(52(66)72-29-25-37(4)5)62-55(69)74-56(6,7)8)33-40-35-59-46-31-38(18-19-42(40)46)26-30-73-54(68)48(32-39-34-58-44-17-14-13-16-41(39)44)60-49(63)22-20-43(57)51(65)71-28-24-36(2)3/h13-14,16-19,31,34-37,43,45,47-48,58-59H,9-12,15,20-30,32-33,57H2,1-8H3,(H,60,63)(H,61,64)(H,62,69)/t43-,45-,47-,48-/m1/s1. The van der Waals surface area contributed by atoms with Crippen LogP contribution in [0.2, 0.25) is 0 Å². The number of rotatable bonds is 32. The van der Waals surface area contributed by atoms with Crippen LogP contribution in [0.4, 0.5) is 4.79 Å². The lowest BCUT2D eigenvalue weighted by Crippen LogP contribution is -2.46. The highest BCUT2D eigenvalue weighted by molar-refractivity contribution is 5.90. The van der Waals surface area contributed by atoms with Gasteiger partial charge in [0, 0.05) is 66.3 Å². The second kappa shape index (κ2) is 30.7. The minimum absolute atomic E-state index is 0.00740. The molecule has 2 aromatic carbocycles. The van der Waals surface area contributed by atoms with E-state index in [0.717, 1.165) is 64.2 Å². The van der Waals surface area contributed by atoms with E-state index in [-0.39, 0.29) is 70.9 Å². The number of amides is 3. The molecule has 74 heavy (non-hydrogen) atoms. The number of carbonyl (C=O) groups is 7. The second-order valence-corrected chi connectivity index (χ2v) is 20.8. The SMILES string of the molecule is CCCCCCCOC(=O)[C@@H](Cc1c[nH]c2cc(CCOC(=O)[C@@H](Cc3c[nH]c4ccccc34)NC(=O)CC[C@@H](N)C(=O)OCCC(C)C)ccc12)NC(=O)CC[C@@H](NC(=O)OC(C)(C)C)C(=O)OCCC(C)C. The summed E-state index contributed by atoms with van der Waals surface area (Å²) >= 11 is 0. The van der Waals surface area contributed by atoms with Crippen molar-refractivity contribution in [3.05, 3.63) is 71.5 Å². The van der Waals surface area contributed by atoms with Crippen LogP contribution in [0, 0.1) is 11.8 Å². The Kier molecular flexibility index (Phi) is 24.9. The summed E-state index contributed by atoms with van der Waals surface area (Å²) in [5.41, 5.74) is 9.23. The summed E-state index contributed by atoms with van der Waals surface area (Å²) in [7, 11) is 0. The number of unbranched alkanes of at least 4 members (excludes halogenated alkanes) is 4. The maximum atomic E-state index is 13.7. The number of nitrogens with one attached hydrogen (secondary N) is 5. The van der Waals surface area contributed by atoms with Gasteiger partial charge < -0.3 is 55.3 Å². The van der Waals surface area contributed by atoms with E-state index in [2.05, 4.69) is 32.8 Å². The van der Waals surface area contributed by atoms with Crippen LogP contribution in [0.1, 0.15) is 143 Å². The minimum Gasteiger partial charge on any atom is -0.465 e. The molecule has 0 radical (unpaired) electrons. The van der Waals surface area contributed by atoms with Crippen molar-refractivity contribution in [1.29, 1.82) is 0 Å². The summed E-state index contributed by atoms with van der Waals surface area (Å²) in [6.07, 6.45) is 9.02. The first-order chi connectivity index (χ1) is 35.2. The van der Waals surface area contributed by atoms with Crippen molar-refractivity contribution >= 4 is 63.6 Å². The number of benzene rings is 2. The molecular weight excluding hydrogens is 949 g/mol. The second-order valence-electron chi connectivity index (χ2n) is 20.8. The summed E-state index contributed by atoms with van der Waals surface area (Å²) in [5, 5.41) is 9.87. The fourth-order valence-corrected chi connectivity index (χ4v) is 7.94. The lowest BCUT2D eigenvalue weighted by atomic mass is 10.0. The zero-order valence-electron chi connectivity index (χ0n) is 44.9. The molecule has 4 aromatic rings. The van der Waals surface area contributed by atoms with Gasteiger partial charge in [0.15, 0.2) is 0 Å². The zero-order chi connectivity index (χ0) is 54.2. The summed E-state index contributed by atoms with van der Waals surface area (Å²) in [6.45, 7) is 15.8. The number of esters is 4. The van der Waals surface area contributed by atoms with Crippen molar-refractivity contribution in [2.45, 2.75) is 175 Å². The molecule has 2 aromatic heterocycles. The Hall–Kier alpha value is -6.43. The molecule has 0 aliphatic carbocycles. The fraction of sp³-hybridized carbons (Fsp3) is 0.589. The van der Waals surface area contributed by atoms with Gasteiger partial charge in [0.1, 0.15) is 29.8 Å². The van der Waals surface area contributed by atoms with Gasteiger partial charge in [-0.1, -0.05) is 90.6 Å². The fourth-order valence-electron chi connectivity index (χ4n) is 7.94. The van der Waals surface area contributed by atoms with Crippen LogP contribution in [-0.4, -0.2) is 108 Å². The van der Waals surface area contributed by atoms with Gasteiger partial charge in [-0.3, -0.25) is 14.4 Å². The largest absolute Gasteiger partial charge is 0.465 e. The summed E-state index contributed by atoms with van der Waals surface area (Å²) in [5.74, 6) is -2.84. The van der Waals surface area contributed by atoms with E-state index in [4.69, 9.17) is 29.4 Å². The number of nitrogens with two attached hydrogens (primary N) is 1. The molecule has 0 aliphatic rings. The Bertz CT molecular complexity index is 2440. The summed E-state index contributed by atoms with van der Waals surface area (Å²) in [6, 6.07) is 9.06. The molecule has 7 N–H and O–H groups in total. The van der Waals surface area contributed by atoms with Gasteiger partial charge in [0.05, 0.1) is 26.4 Å². The summed E-state index contributed by atoms with van der Waals surface area (Å²) < 4.78 is 27.5. The first-order valence-corrected chi connectivity index (χ1v) is 26.4. The Labute approximate surface area is 436 Å². The van der Waals surface area contributed by atoms with Gasteiger partial charge >= 0.3 is 30.0 Å². The van der Waals surface area contributed by atoms with Crippen molar-refractivity contribution in [2.75, 3.05) is 26.4 Å². The third kappa shape index (κ3) is 21.6. The van der Waals surface area contributed by atoms with Crippen LogP contribution >= 0.6 is 0 Å².